The first kappa shape index (κ1) is 17.5. The highest BCUT2D eigenvalue weighted by Gasteiger charge is 2.08. The van der Waals surface area contributed by atoms with E-state index in [1.54, 1.807) is 43.6 Å². The first-order chi connectivity index (χ1) is 12.6. The van der Waals surface area contributed by atoms with Gasteiger partial charge in [0.05, 0.1) is 19.0 Å². The number of methoxy groups -OCH3 is 1. The van der Waals surface area contributed by atoms with Crippen LogP contribution in [0.1, 0.15) is 21.6 Å². The fraction of sp³-hybridized carbons (Fsp3) is 0.143. The molecule has 0 spiro atoms. The standard InChI is InChI=1S/C21H21N3O2/c1-15-4-3-5-16(12-15)13-22-18-8-11-20(23-14-18)21(25)24-17-6-9-19(26-2)10-7-17/h3-12,14,22H,13H2,1-2H3,(H,24,25). The van der Waals surface area contributed by atoms with Gasteiger partial charge in [0.25, 0.3) is 5.91 Å². The van der Waals surface area contributed by atoms with E-state index in [-0.39, 0.29) is 5.91 Å². The van der Waals surface area contributed by atoms with E-state index in [2.05, 4.69) is 40.7 Å². The van der Waals surface area contributed by atoms with Crippen molar-refractivity contribution >= 4 is 17.3 Å². The average molecular weight is 347 g/mol. The smallest absolute Gasteiger partial charge is 0.274 e. The van der Waals surface area contributed by atoms with Crippen LogP contribution in [0.2, 0.25) is 0 Å². The zero-order chi connectivity index (χ0) is 18.4. The van der Waals surface area contributed by atoms with Crippen molar-refractivity contribution in [3.63, 3.8) is 0 Å². The van der Waals surface area contributed by atoms with Gasteiger partial charge in [-0.3, -0.25) is 4.79 Å². The van der Waals surface area contributed by atoms with Gasteiger partial charge in [0, 0.05) is 12.2 Å². The lowest BCUT2D eigenvalue weighted by Crippen LogP contribution is -2.13. The fourth-order valence-corrected chi connectivity index (χ4v) is 2.53. The lowest BCUT2D eigenvalue weighted by Gasteiger charge is -2.08. The van der Waals surface area contributed by atoms with E-state index in [4.69, 9.17) is 4.74 Å². The number of nitrogens with one attached hydrogen (secondary N) is 2. The lowest BCUT2D eigenvalue weighted by molar-refractivity contribution is 0.102. The summed E-state index contributed by atoms with van der Waals surface area (Å²) < 4.78 is 5.10. The number of aryl methyl sites for hydroxylation is 1. The van der Waals surface area contributed by atoms with E-state index in [1.165, 1.54) is 11.1 Å². The molecule has 0 saturated carbocycles. The lowest BCUT2D eigenvalue weighted by atomic mass is 10.1. The highest BCUT2D eigenvalue weighted by Crippen LogP contribution is 2.16. The number of hydrogen-bond donors (Lipinski definition) is 2. The molecule has 0 fully saturated rings. The molecule has 5 heteroatoms. The molecule has 132 valence electrons. The predicted molar refractivity (Wildman–Crippen MR) is 104 cm³/mol. The van der Waals surface area contributed by atoms with Crippen molar-refractivity contribution in [2.45, 2.75) is 13.5 Å². The third-order valence-electron chi connectivity index (χ3n) is 3.92. The van der Waals surface area contributed by atoms with Gasteiger partial charge in [-0.05, 0) is 48.9 Å². The first-order valence-electron chi connectivity index (χ1n) is 8.35. The Hall–Kier alpha value is -3.34. The Bertz CT molecular complexity index is 875. The van der Waals surface area contributed by atoms with Crippen LogP contribution in [-0.2, 0) is 6.54 Å². The molecule has 0 aliphatic rings. The van der Waals surface area contributed by atoms with Crippen molar-refractivity contribution in [1.29, 1.82) is 0 Å². The van der Waals surface area contributed by atoms with Crippen molar-refractivity contribution in [1.82, 2.24) is 4.98 Å². The van der Waals surface area contributed by atoms with Gasteiger partial charge in [0.2, 0.25) is 0 Å². The summed E-state index contributed by atoms with van der Waals surface area (Å²) in [6.45, 7) is 2.78. The van der Waals surface area contributed by atoms with Crippen LogP contribution in [0.15, 0.2) is 66.9 Å². The zero-order valence-corrected chi connectivity index (χ0v) is 14.8. The first-order valence-corrected chi connectivity index (χ1v) is 8.35. The van der Waals surface area contributed by atoms with E-state index < -0.39 is 0 Å². The van der Waals surface area contributed by atoms with Gasteiger partial charge in [-0.25, -0.2) is 4.98 Å². The molecule has 0 unspecified atom stereocenters. The number of ether oxygens (including phenoxy) is 1. The Morgan fingerprint density at radius 2 is 1.81 bits per heavy atom. The highest BCUT2D eigenvalue weighted by molar-refractivity contribution is 6.02. The number of anilines is 2. The number of amides is 1. The third kappa shape index (κ3) is 4.60. The van der Waals surface area contributed by atoms with Gasteiger partial charge < -0.3 is 15.4 Å². The topological polar surface area (TPSA) is 63.2 Å². The number of hydrogen-bond acceptors (Lipinski definition) is 4. The molecular formula is C21H21N3O2. The van der Waals surface area contributed by atoms with Crippen molar-refractivity contribution in [2.75, 3.05) is 17.7 Å². The Kier molecular flexibility index (Phi) is 5.49. The summed E-state index contributed by atoms with van der Waals surface area (Å²) >= 11 is 0. The molecule has 0 saturated heterocycles. The van der Waals surface area contributed by atoms with Gasteiger partial charge in [-0.2, -0.15) is 0 Å². The fourth-order valence-electron chi connectivity index (χ4n) is 2.53. The van der Waals surface area contributed by atoms with Crippen molar-refractivity contribution in [3.8, 4) is 5.75 Å². The second-order valence-corrected chi connectivity index (χ2v) is 5.96. The van der Waals surface area contributed by atoms with E-state index in [1.807, 2.05) is 12.1 Å². The molecular weight excluding hydrogens is 326 g/mol. The quantitative estimate of drug-likeness (QED) is 0.699. The number of carbonyl (C=O) groups excluding carboxylic acids is 1. The Balaban J connectivity index is 1.58. The molecule has 0 aliphatic carbocycles. The van der Waals surface area contributed by atoms with Crippen LogP contribution >= 0.6 is 0 Å². The second kappa shape index (κ2) is 8.16. The Morgan fingerprint density at radius 3 is 2.46 bits per heavy atom. The molecule has 5 nitrogen and oxygen atoms in total. The van der Waals surface area contributed by atoms with E-state index in [9.17, 15) is 4.79 Å². The summed E-state index contributed by atoms with van der Waals surface area (Å²) in [5, 5.41) is 6.12. The number of pyridine rings is 1. The van der Waals surface area contributed by atoms with E-state index in [0.717, 1.165) is 11.4 Å². The normalized spacial score (nSPS) is 10.2. The molecule has 0 bridgehead atoms. The average Bonchev–Trinajstić information content (AvgIpc) is 2.67. The third-order valence-corrected chi connectivity index (χ3v) is 3.92. The van der Waals surface area contributed by atoms with E-state index >= 15 is 0 Å². The minimum atomic E-state index is -0.250. The minimum absolute atomic E-state index is 0.250. The van der Waals surface area contributed by atoms with Gasteiger partial charge in [-0.1, -0.05) is 29.8 Å². The Morgan fingerprint density at radius 1 is 1.04 bits per heavy atom. The van der Waals surface area contributed by atoms with Gasteiger partial charge in [-0.15, -0.1) is 0 Å². The maximum Gasteiger partial charge on any atom is 0.274 e. The van der Waals surface area contributed by atoms with Crippen LogP contribution in [0.4, 0.5) is 11.4 Å². The molecule has 26 heavy (non-hydrogen) atoms. The summed E-state index contributed by atoms with van der Waals surface area (Å²) in [5.41, 5.74) is 4.35. The summed E-state index contributed by atoms with van der Waals surface area (Å²) in [4.78, 5) is 16.5. The zero-order valence-electron chi connectivity index (χ0n) is 14.8. The molecule has 0 radical (unpaired) electrons. The molecule has 1 amide bonds. The largest absolute Gasteiger partial charge is 0.497 e. The number of rotatable bonds is 6. The minimum Gasteiger partial charge on any atom is -0.497 e. The van der Waals surface area contributed by atoms with Crippen LogP contribution < -0.4 is 15.4 Å². The number of carbonyl (C=O) groups is 1. The molecule has 2 aromatic carbocycles. The van der Waals surface area contributed by atoms with Crippen molar-refractivity contribution in [2.24, 2.45) is 0 Å². The molecule has 0 aliphatic heterocycles. The molecule has 1 heterocycles. The molecule has 2 N–H and O–H groups in total. The summed E-state index contributed by atoms with van der Waals surface area (Å²) in [6.07, 6.45) is 1.67. The number of aromatic nitrogens is 1. The number of benzene rings is 2. The predicted octanol–water partition coefficient (Wildman–Crippen LogP) is 4.26. The number of nitrogens with zero attached hydrogens (tertiary/aromatic N) is 1. The maximum atomic E-state index is 12.3. The monoisotopic (exact) mass is 347 g/mol. The molecule has 3 rings (SSSR count). The summed E-state index contributed by atoms with van der Waals surface area (Å²) in [7, 11) is 1.60. The summed E-state index contributed by atoms with van der Waals surface area (Å²) in [5.74, 6) is 0.491. The second-order valence-electron chi connectivity index (χ2n) is 5.96. The van der Waals surface area contributed by atoms with Crippen LogP contribution in [-0.4, -0.2) is 18.0 Å². The molecule has 3 aromatic rings. The molecule has 0 atom stereocenters. The van der Waals surface area contributed by atoms with Crippen LogP contribution in [0.3, 0.4) is 0 Å². The van der Waals surface area contributed by atoms with Crippen molar-refractivity contribution in [3.05, 3.63) is 83.7 Å². The van der Waals surface area contributed by atoms with E-state index in [0.29, 0.717) is 17.9 Å². The van der Waals surface area contributed by atoms with Crippen LogP contribution in [0, 0.1) is 6.92 Å². The maximum absolute atomic E-state index is 12.3. The van der Waals surface area contributed by atoms with Crippen molar-refractivity contribution < 1.29 is 9.53 Å². The van der Waals surface area contributed by atoms with Crippen LogP contribution in [0.5, 0.6) is 5.75 Å². The summed E-state index contributed by atoms with van der Waals surface area (Å²) in [6, 6.07) is 19.0. The SMILES string of the molecule is COc1ccc(NC(=O)c2ccc(NCc3cccc(C)c3)cn2)cc1. The molecule has 1 aromatic heterocycles. The van der Waals surface area contributed by atoms with Gasteiger partial charge in [0.1, 0.15) is 11.4 Å². The van der Waals surface area contributed by atoms with Crippen LogP contribution in [0.25, 0.3) is 0 Å². The highest BCUT2D eigenvalue weighted by atomic mass is 16.5. The Labute approximate surface area is 153 Å². The van der Waals surface area contributed by atoms with Gasteiger partial charge >= 0.3 is 0 Å². The van der Waals surface area contributed by atoms with Gasteiger partial charge in [0.15, 0.2) is 0 Å².